The van der Waals surface area contributed by atoms with Crippen molar-refractivity contribution in [1.82, 2.24) is 5.32 Å². The summed E-state index contributed by atoms with van der Waals surface area (Å²) in [5.74, 6) is -3.05. The van der Waals surface area contributed by atoms with Crippen LogP contribution in [0.4, 0.5) is 0 Å². The summed E-state index contributed by atoms with van der Waals surface area (Å²) in [6.07, 6.45) is -0.563. The molecule has 0 aliphatic carbocycles. The van der Waals surface area contributed by atoms with Gasteiger partial charge in [-0.25, -0.2) is 4.79 Å². The van der Waals surface area contributed by atoms with E-state index in [4.69, 9.17) is 4.55 Å². The molecule has 0 bridgehead atoms. The van der Waals surface area contributed by atoms with Gasteiger partial charge in [-0.05, 0) is 0 Å². The third-order valence-electron chi connectivity index (χ3n) is 1.84. The van der Waals surface area contributed by atoms with E-state index in [1.165, 1.54) is 0 Å². The fourth-order valence-electron chi connectivity index (χ4n) is 1.02. The highest BCUT2D eigenvalue weighted by Gasteiger charge is 2.22. The molecule has 0 aromatic heterocycles. The average molecular weight is 297 g/mol. The van der Waals surface area contributed by atoms with Crippen molar-refractivity contribution < 1.29 is 36.8 Å². The van der Waals surface area contributed by atoms with Crippen molar-refractivity contribution in [3.8, 4) is 0 Å². The van der Waals surface area contributed by atoms with Gasteiger partial charge in [0, 0.05) is 6.92 Å². The van der Waals surface area contributed by atoms with E-state index in [9.17, 15) is 22.8 Å². The molecule has 0 heterocycles. The minimum absolute atomic E-state index is 0.490. The number of esters is 2. The third kappa shape index (κ3) is 8.97. The van der Waals surface area contributed by atoms with Crippen LogP contribution in [0.15, 0.2) is 0 Å². The monoisotopic (exact) mass is 297 g/mol. The largest absolute Gasteiger partial charge is 0.467 e. The Balaban J connectivity index is 4.27. The van der Waals surface area contributed by atoms with Crippen molar-refractivity contribution in [3.05, 3.63) is 0 Å². The van der Waals surface area contributed by atoms with Gasteiger partial charge >= 0.3 is 11.9 Å². The number of methoxy groups -OCH3 is 1. The van der Waals surface area contributed by atoms with Gasteiger partial charge in [-0.3, -0.25) is 14.1 Å². The number of nitrogens with one attached hydrogen (secondary N) is 1. The molecule has 0 radical (unpaired) electrons. The summed E-state index contributed by atoms with van der Waals surface area (Å²) in [7, 11) is -3.17. The topological polar surface area (TPSA) is 136 Å². The van der Waals surface area contributed by atoms with E-state index in [1.54, 1.807) is 0 Å². The molecular formula is C9H15NO8S. The predicted octanol–water partition coefficient (Wildman–Crippen LogP) is -1.51. The van der Waals surface area contributed by atoms with Crippen LogP contribution in [0.2, 0.25) is 0 Å². The van der Waals surface area contributed by atoms with Crippen molar-refractivity contribution in [3.63, 3.8) is 0 Å². The minimum atomic E-state index is -4.26. The maximum Gasteiger partial charge on any atom is 0.331 e. The van der Waals surface area contributed by atoms with Crippen LogP contribution in [-0.2, 0) is 34.0 Å². The number of carbonyl (C=O) groups excluding carboxylic acids is 3. The number of carbonyl (C=O) groups is 3. The Morgan fingerprint density at radius 3 is 2.32 bits per heavy atom. The first kappa shape index (κ1) is 17.3. The zero-order valence-corrected chi connectivity index (χ0v) is 11.2. The Bertz CT molecular complexity index is 443. The highest BCUT2D eigenvalue weighted by Crippen LogP contribution is 1.96. The molecule has 9 nitrogen and oxygen atoms in total. The molecule has 1 amide bonds. The SMILES string of the molecule is COC(=O)C(COC(=O)CCS(=O)(=O)O)NC(C)=O. The minimum Gasteiger partial charge on any atom is -0.467 e. The smallest absolute Gasteiger partial charge is 0.331 e. The van der Waals surface area contributed by atoms with E-state index in [0.29, 0.717) is 0 Å². The van der Waals surface area contributed by atoms with E-state index < -0.39 is 52.8 Å². The van der Waals surface area contributed by atoms with Gasteiger partial charge in [0.15, 0.2) is 6.04 Å². The second kappa shape index (κ2) is 7.69. The van der Waals surface area contributed by atoms with Crippen LogP contribution in [0.25, 0.3) is 0 Å². The van der Waals surface area contributed by atoms with Crippen LogP contribution < -0.4 is 5.32 Å². The lowest BCUT2D eigenvalue weighted by molar-refractivity contribution is -0.151. The van der Waals surface area contributed by atoms with Crippen LogP contribution in [0.3, 0.4) is 0 Å². The van der Waals surface area contributed by atoms with E-state index >= 15 is 0 Å². The summed E-state index contributed by atoms with van der Waals surface area (Å²) in [5, 5.41) is 2.20. The van der Waals surface area contributed by atoms with Crippen LogP contribution >= 0.6 is 0 Å². The first-order valence-corrected chi connectivity index (χ1v) is 6.72. The summed E-state index contributed by atoms with van der Waals surface area (Å²) < 4.78 is 38.2. The lowest BCUT2D eigenvalue weighted by Gasteiger charge is -2.15. The van der Waals surface area contributed by atoms with Gasteiger partial charge < -0.3 is 14.8 Å². The fraction of sp³-hybridized carbons (Fsp3) is 0.667. The lowest BCUT2D eigenvalue weighted by Crippen LogP contribution is -2.44. The average Bonchev–Trinajstić information content (AvgIpc) is 2.29. The molecule has 2 N–H and O–H groups in total. The molecule has 0 saturated heterocycles. The number of rotatable bonds is 7. The van der Waals surface area contributed by atoms with Gasteiger partial charge in [0.2, 0.25) is 5.91 Å². The van der Waals surface area contributed by atoms with Gasteiger partial charge in [-0.2, -0.15) is 8.42 Å². The molecule has 0 rings (SSSR count). The molecule has 0 aromatic carbocycles. The van der Waals surface area contributed by atoms with Gasteiger partial charge in [0.25, 0.3) is 10.1 Å². The van der Waals surface area contributed by atoms with Gasteiger partial charge in [0.05, 0.1) is 19.3 Å². The van der Waals surface area contributed by atoms with Gasteiger partial charge in [-0.15, -0.1) is 0 Å². The molecule has 0 aromatic rings. The van der Waals surface area contributed by atoms with Crippen LogP contribution in [0.1, 0.15) is 13.3 Å². The molecule has 19 heavy (non-hydrogen) atoms. The Morgan fingerprint density at radius 2 is 1.89 bits per heavy atom. The van der Waals surface area contributed by atoms with Crippen molar-refractivity contribution >= 4 is 28.0 Å². The molecule has 1 unspecified atom stereocenters. The molecule has 0 aliphatic heterocycles. The first-order chi connectivity index (χ1) is 8.65. The standard InChI is InChI=1S/C9H15NO8S/c1-6(11)10-7(9(13)17-2)5-18-8(12)3-4-19(14,15)16/h7H,3-5H2,1-2H3,(H,10,11)(H,14,15,16). The number of ether oxygens (including phenoxy) is 2. The normalized spacial score (nSPS) is 12.4. The molecule has 110 valence electrons. The van der Waals surface area contributed by atoms with Crippen LogP contribution in [0, 0.1) is 0 Å². The molecule has 0 fully saturated rings. The second-order valence-electron chi connectivity index (χ2n) is 3.50. The number of amides is 1. The first-order valence-electron chi connectivity index (χ1n) is 5.11. The molecule has 10 heteroatoms. The molecular weight excluding hydrogens is 282 g/mol. The zero-order chi connectivity index (χ0) is 15.1. The Kier molecular flexibility index (Phi) is 7.01. The van der Waals surface area contributed by atoms with E-state index in [1.807, 2.05) is 0 Å². The third-order valence-corrected chi connectivity index (χ3v) is 2.56. The number of hydrogen-bond acceptors (Lipinski definition) is 7. The molecule has 0 saturated carbocycles. The maximum absolute atomic E-state index is 11.2. The maximum atomic E-state index is 11.2. The molecule has 0 aliphatic rings. The zero-order valence-electron chi connectivity index (χ0n) is 10.4. The summed E-state index contributed by atoms with van der Waals surface area (Å²) in [6, 6.07) is -1.17. The van der Waals surface area contributed by atoms with E-state index in [2.05, 4.69) is 14.8 Å². The second-order valence-corrected chi connectivity index (χ2v) is 5.07. The Labute approximate surface area is 110 Å². The van der Waals surface area contributed by atoms with E-state index in [-0.39, 0.29) is 0 Å². The lowest BCUT2D eigenvalue weighted by atomic mass is 10.3. The van der Waals surface area contributed by atoms with Gasteiger partial charge in [0.1, 0.15) is 6.61 Å². The summed E-state index contributed by atoms with van der Waals surface area (Å²) >= 11 is 0. The van der Waals surface area contributed by atoms with Crippen LogP contribution in [-0.4, -0.2) is 56.3 Å². The van der Waals surface area contributed by atoms with Crippen molar-refractivity contribution in [2.45, 2.75) is 19.4 Å². The Morgan fingerprint density at radius 1 is 1.32 bits per heavy atom. The highest BCUT2D eigenvalue weighted by atomic mass is 32.2. The van der Waals surface area contributed by atoms with Crippen molar-refractivity contribution in [1.29, 1.82) is 0 Å². The van der Waals surface area contributed by atoms with Crippen molar-refractivity contribution in [2.75, 3.05) is 19.5 Å². The van der Waals surface area contributed by atoms with E-state index in [0.717, 1.165) is 14.0 Å². The fourth-order valence-corrected chi connectivity index (χ4v) is 1.44. The van der Waals surface area contributed by atoms with Crippen molar-refractivity contribution in [2.24, 2.45) is 0 Å². The highest BCUT2D eigenvalue weighted by molar-refractivity contribution is 7.85. The Hall–Kier alpha value is -1.68. The number of hydrogen-bond donors (Lipinski definition) is 2. The van der Waals surface area contributed by atoms with Crippen LogP contribution in [0.5, 0.6) is 0 Å². The van der Waals surface area contributed by atoms with Gasteiger partial charge in [-0.1, -0.05) is 0 Å². The predicted molar refractivity (Wildman–Crippen MR) is 61.6 cm³/mol. The summed E-state index contributed by atoms with van der Waals surface area (Å²) in [6.45, 7) is 0.673. The summed E-state index contributed by atoms with van der Waals surface area (Å²) in [4.78, 5) is 33.1. The summed E-state index contributed by atoms with van der Waals surface area (Å²) in [5.41, 5.74) is 0. The molecule has 1 atom stereocenters. The molecule has 0 spiro atoms. The quantitative estimate of drug-likeness (QED) is 0.427.